The van der Waals surface area contributed by atoms with Crippen molar-refractivity contribution in [2.45, 2.75) is 19.8 Å². The van der Waals surface area contributed by atoms with E-state index in [0.29, 0.717) is 6.42 Å². The summed E-state index contributed by atoms with van der Waals surface area (Å²) in [5.74, 6) is 0.216. The van der Waals surface area contributed by atoms with E-state index >= 15 is 0 Å². The smallest absolute Gasteiger partial charge is 0.133 e. The first-order chi connectivity index (χ1) is 7.65. The third kappa shape index (κ3) is 2.99. The molecule has 2 nitrogen and oxygen atoms in total. The van der Waals surface area contributed by atoms with Gasteiger partial charge in [-0.15, -0.1) is 22.7 Å². The molecule has 0 saturated carbocycles. The zero-order valence-corrected chi connectivity index (χ0v) is 11.9. The van der Waals surface area contributed by atoms with E-state index in [-0.39, 0.29) is 5.78 Å². The minimum Gasteiger partial charge on any atom is -0.300 e. The minimum atomic E-state index is 0.216. The lowest BCUT2D eigenvalue weighted by atomic mass is 10.2. The molecule has 0 saturated heterocycles. The molecule has 16 heavy (non-hydrogen) atoms. The molecular formula is C11H10BrNOS2. The number of thiophene rings is 1. The Bertz CT molecular complexity index is 504. The fourth-order valence-corrected chi connectivity index (χ4v) is 3.63. The van der Waals surface area contributed by atoms with Gasteiger partial charge in [0.2, 0.25) is 0 Å². The third-order valence-electron chi connectivity index (χ3n) is 2.06. The van der Waals surface area contributed by atoms with Crippen LogP contribution in [-0.2, 0) is 11.2 Å². The maximum Gasteiger partial charge on any atom is 0.133 e. The standard InChI is InChI=1S/C11H10BrNOS2/c1-7(14)2-3-9-6-16-11(13-9)10-4-8(12)5-15-10/h4-6H,2-3H2,1H3. The Morgan fingerprint density at radius 2 is 2.25 bits per heavy atom. The van der Waals surface area contributed by atoms with Gasteiger partial charge in [-0.2, -0.15) is 0 Å². The van der Waals surface area contributed by atoms with Crippen molar-refractivity contribution in [2.24, 2.45) is 0 Å². The van der Waals surface area contributed by atoms with E-state index in [1.165, 1.54) is 4.88 Å². The fourth-order valence-electron chi connectivity index (χ4n) is 1.26. The second kappa shape index (κ2) is 5.21. The summed E-state index contributed by atoms with van der Waals surface area (Å²) < 4.78 is 1.09. The maximum atomic E-state index is 10.9. The monoisotopic (exact) mass is 315 g/mol. The number of hydrogen-bond acceptors (Lipinski definition) is 4. The number of halogens is 1. The van der Waals surface area contributed by atoms with Gasteiger partial charge in [0.1, 0.15) is 10.8 Å². The highest BCUT2D eigenvalue weighted by atomic mass is 79.9. The predicted octanol–water partition coefficient (Wildman–Crippen LogP) is 4.16. The Hall–Kier alpha value is -0.520. The molecule has 0 spiro atoms. The highest BCUT2D eigenvalue weighted by molar-refractivity contribution is 9.10. The number of Topliss-reactive ketones (excluding diaryl/α,β-unsaturated/α-hetero) is 1. The SMILES string of the molecule is CC(=O)CCc1csc(-c2cc(Br)cs2)n1. The lowest BCUT2D eigenvalue weighted by Gasteiger charge is -1.91. The molecule has 0 N–H and O–H groups in total. The summed E-state index contributed by atoms with van der Waals surface area (Å²) in [4.78, 5) is 16.6. The lowest BCUT2D eigenvalue weighted by molar-refractivity contribution is -0.116. The van der Waals surface area contributed by atoms with Gasteiger partial charge >= 0.3 is 0 Å². The van der Waals surface area contributed by atoms with Crippen molar-refractivity contribution in [3.63, 3.8) is 0 Å². The van der Waals surface area contributed by atoms with Crippen LogP contribution >= 0.6 is 38.6 Å². The molecule has 0 unspecified atom stereocenters. The summed E-state index contributed by atoms with van der Waals surface area (Å²) in [6.07, 6.45) is 1.33. The van der Waals surface area contributed by atoms with Crippen molar-refractivity contribution in [2.75, 3.05) is 0 Å². The van der Waals surface area contributed by atoms with Crippen LogP contribution in [0.1, 0.15) is 19.0 Å². The van der Waals surface area contributed by atoms with Crippen molar-refractivity contribution >= 4 is 44.4 Å². The summed E-state index contributed by atoms with van der Waals surface area (Å²) in [6, 6.07) is 2.07. The molecule has 84 valence electrons. The molecule has 0 bridgehead atoms. The van der Waals surface area contributed by atoms with Crippen LogP contribution in [-0.4, -0.2) is 10.8 Å². The van der Waals surface area contributed by atoms with E-state index in [1.807, 2.05) is 10.8 Å². The quantitative estimate of drug-likeness (QED) is 0.848. The Morgan fingerprint density at radius 3 is 2.88 bits per heavy atom. The Balaban J connectivity index is 2.10. The largest absolute Gasteiger partial charge is 0.300 e. The summed E-state index contributed by atoms with van der Waals surface area (Å²) in [7, 11) is 0. The number of hydrogen-bond donors (Lipinski definition) is 0. The Labute approximate surface area is 110 Å². The third-order valence-corrected chi connectivity index (χ3v) is 4.81. The van der Waals surface area contributed by atoms with Crippen LogP contribution in [0.5, 0.6) is 0 Å². The van der Waals surface area contributed by atoms with Crippen molar-refractivity contribution < 1.29 is 4.79 Å². The molecule has 2 rings (SSSR count). The highest BCUT2D eigenvalue weighted by Gasteiger charge is 2.07. The Morgan fingerprint density at radius 1 is 1.44 bits per heavy atom. The molecule has 0 fully saturated rings. The number of carbonyl (C=O) groups is 1. The molecular weight excluding hydrogens is 306 g/mol. The summed E-state index contributed by atoms with van der Waals surface area (Å²) in [6.45, 7) is 1.61. The van der Waals surface area contributed by atoms with E-state index in [0.717, 1.165) is 21.6 Å². The van der Waals surface area contributed by atoms with E-state index in [4.69, 9.17) is 0 Å². The van der Waals surface area contributed by atoms with Gasteiger partial charge in [-0.1, -0.05) is 0 Å². The van der Waals surface area contributed by atoms with Gasteiger partial charge in [0.25, 0.3) is 0 Å². The van der Waals surface area contributed by atoms with Crippen LogP contribution in [0.3, 0.4) is 0 Å². The van der Waals surface area contributed by atoms with Crippen molar-refractivity contribution in [3.8, 4) is 9.88 Å². The first kappa shape index (κ1) is 12.0. The van der Waals surface area contributed by atoms with Gasteiger partial charge in [0.15, 0.2) is 0 Å². The van der Waals surface area contributed by atoms with Gasteiger partial charge in [-0.25, -0.2) is 4.98 Å². The molecule has 2 aromatic heterocycles. The number of carbonyl (C=O) groups excluding carboxylic acids is 1. The van der Waals surface area contributed by atoms with Crippen molar-refractivity contribution in [1.29, 1.82) is 0 Å². The maximum absolute atomic E-state index is 10.9. The van der Waals surface area contributed by atoms with Crippen LogP contribution in [0.15, 0.2) is 21.3 Å². The average Bonchev–Trinajstić information content (AvgIpc) is 2.83. The number of aromatic nitrogens is 1. The average molecular weight is 316 g/mol. The molecule has 0 aliphatic carbocycles. The van der Waals surface area contributed by atoms with Crippen LogP contribution in [0.2, 0.25) is 0 Å². The lowest BCUT2D eigenvalue weighted by Crippen LogP contribution is -1.93. The Kier molecular flexibility index (Phi) is 3.89. The van der Waals surface area contributed by atoms with Gasteiger partial charge < -0.3 is 4.79 Å². The van der Waals surface area contributed by atoms with Crippen LogP contribution in [0, 0.1) is 0 Å². The van der Waals surface area contributed by atoms with E-state index in [1.54, 1.807) is 29.6 Å². The van der Waals surface area contributed by atoms with Gasteiger partial charge in [-0.3, -0.25) is 0 Å². The molecule has 0 aliphatic rings. The summed E-state index contributed by atoms with van der Waals surface area (Å²) in [5, 5.41) is 5.12. The molecule has 0 amide bonds. The van der Waals surface area contributed by atoms with Crippen LogP contribution in [0.25, 0.3) is 9.88 Å². The normalized spacial score (nSPS) is 10.6. The zero-order chi connectivity index (χ0) is 11.5. The van der Waals surface area contributed by atoms with Crippen LogP contribution in [0.4, 0.5) is 0 Å². The van der Waals surface area contributed by atoms with E-state index in [9.17, 15) is 4.79 Å². The number of aryl methyl sites for hydroxylation is 1. The van der Waals surface area contributed by atoms with Gasteiger partial charge in [-0.05, 0) is 35.3 Å². The first-order valence-electron chi connectivity index (χ1n) is 4.83. The summed E-state index contributed by atoms with van der Waals surface area (Å²) >= 11 is 6.74. The molecule has 2 heterocycles. The topological polar surface area (TPSA) is 30.0 Å². The predicted molar refractivity (Wildman–Crippen MR) is 72.1 cm³/mol. The molecule has 2 aromatic rings. The van der Waals surface area contributed by atoms with Crippen LogP contribution < -0.4 is 0 Å². The second-order valence-electron chi connectivity index (χ2n) is 3.48. The second-order valence-corrected chi connectivity index (χ2v) is 6.16. The molecule has 0 aromatic carbocycles. The van der Waals surface area contributed by atoms with Crippen molar-refractivity contribution in [1.82, 2.24) is 4.98 Å². The van der Waals surface area contributed by atoms with Crippen molar-refractivity contribution in [3.05, 3.63) is 27.0 Å². The molecule has 5 heteroatoms. The number of nitrogens with zero attached hydrogens (tertiary/aromatic N) is 1. The number of thiazole rings is 1. The van der Waals surface area contributed by atoms with Gasteiger partial charge in [0.05, 0.1) is 10.6 Å². The fraction of sp³-hybridized carbons (Fsp3) is 0.273. The highest BCUT2D eigenvalue weighted by Crippen LogP contribution is 2.32. The number of rotatable bonds is 4. The molecule has 0 aliphatic heterocycles. The minimum absolute atomic E-state index is 0.216. The summed E-state index contributed by atoms with van der Waals surface area (Å²) in [5.41, 5.74) is 1.01. The molecule has 0 radical (unpaired) electrons. The zero-order valence-electron chi connectivity index (χ0n) is 8.70. The first-order valence-corrected chi connectivity index (χ1v) is 7.38. The van der Waals surface area contributed by atoms with E-state index in [2.05, 4.69) is 27.0 Å². The number of ketones is 1. The van der Waals surface area contributed by atoms with Gasteiger partial charge in [0, 0.05) is 21.7 Å². The van der Waals surface area contributed by atoms with E-state index < -0.39 is 0 Å². The molecule has 0 atom stereocenters.